The first kappa shape index (κ1) is 9.44. The lowest BCUT2D eigenvalue weighted by Crippen LogP contribution is -2.29. The molecule has 0 amide bonds. The van der Waals surface area contributed by atoms with Crippen molar-refractivity contribution in [3.63, 3.8) is 0 Å². The van der Waals surface area contributed by atoms with Gasteiger partial charge in [0.1, 0.15) is 0 Å². The summed E-state index contributed by atoms with van der Waals surface area (Å²) in [6.45, 7) is 0. The Hall–Kier alpha value is -0.790. The largest absolute Gasteiger partial charge is 0.481 e. The van der Waals surface area contributed by atoms with Gasteiger partial charge in [0.05, 0.1) is 5.41 Å². The van der Waals surface area contributed by atoms with E-state index in [0.717, 1.165) is 43.9 Å². The molecule has 0 bridgehead atoms. The summed E-state index contributed by atoms with van der Waals surface area (Å²) >= 11 is 0. The Labute approximate surface area is 90.4 Å². The minimum atomic E-state index is -0.539. The normalized spacial score (nSPS) is 42.5. The highest BCUT2D eigenvalue weighted by Crippen LogP contribution is 2.62. The fraction of sp³-hybridized carbons (Fsp3) is 0.769. The Morgan fingerprint density at radius 3 is 2.73 bits per heavy atom. The molecule has 0 aromatic rings. The predicted molar refractivity (Wildman–Crippen MR) is 57.5 cm³/mol. The summed E-state index contributed by atoms with van der Waals surface area (Å²) in [5, 5.41) is 9.44. The Kier molecular flexibility index (Phi) is 1.95. The summed E-state index contributed by atoms with van der Waals surface area (Å²) in [4.78, 5) is 11.5. The molecule has 2 atom stereocenters. The molecule has 0 radical (unpaired) electrons. The van der Waals surface area contributed by atoms with Gasteiger partial charge < -0.3 is 5.11 Å². The van der Waals surface area contributed by atoms with Crippen LogP contribution in [0.2, 0.25) is 0 Å². The molecule has 82 valence electrons. The van der Waals surface area contributed by atoms with E-state index < -0.39 is 5.97 Å². The van der Waals surface area contributed by atoms with Crippen molar-refractivity contribution in [3.05, 3.63) is 11.6 Å². The van der Waals surface area contributed by atoms with Gasteiger partial charge in [-0.3, -0.25) is 4.79 Å². The number of hydrogen-bond acceptors (Lipinski definition) is 1. The van der Waals surface area contributed by atoms with Crippen LogP contribution < -0.4 is 0 Å². The first-order valence-electron chi connectivity index (χ1n) is 6.11. The predicted octanol–water partition coefficient (Wildman–Crippen LogP) is 2.99. The maximum atomic E-state index is 11.5. The highest BCUT2D eigenvalue weighted by Gasteiger charge is 2.57. The molecule has 2 heteroatoms. The molecule has 0 aromatic heterocycles. The van der Waals surface area contributed by atoms with Crippen LogP contribution in [-0.2, 0) is 4.79 Å². The van der Waals surface area contributed by atoms with Gasteiger partial charge in [-0.1, -0.05) is 11.6 Å². The highest BCUT2D eigenvalue weighted by molar-refractivity contribution is 5.76. The number of carbonyl (C=O) groups is 1. The minimum Gasteiger partial charge on any atom is -0.481 e. The van der Waals surface area contributed by atoms with Crippen LogP contribution in [0.5, 0.6) is 0 Å². The van der Waals surface area contributed by atoms with Gasteiger partial charge in [0.2, 0.25) is 0 Å². The third-order valence-corrected chi connectivity index (χ3v) is 4.53. The SMILES string of the molecule is O=C(O)C1(CC2=CCCC2)CC2CC2C1. The van der Waals surface area contributed by atoms with Crippen molar-refractivity contribution in [2.45, 2.75) is 44.9 Å². The number of rotatable bonds is 3. The van der Waals surface area contributed by atoms with E-state index in [1.807, 2.05) is 0 Å². The summed E-state index contributed by atoms with van der Waals surface area (Å²) in [7, 11) is 0. The lowest BCUT2D eigenvalue weighted by atomic mass is 9.77. The molecule has 0 aromatic carbocycles. The summed E-state index contributed by atoms with van der Waals surface area (Å²) in [6.07, 6.45) is 9.85. The van der Waals surface area contributed by atoms with Crippen LogP contribution in [0.4, 0.5) is 0 Å². The van der Waals surface area contributed by atoms with Crippen molar-refractivity contribution < 1.29 is 9.90 Å². The Balaban J connectivity index is 1.76. The number of carboxylic acids is 1. The summed E-state index contributed by atoms with van der Waals surface area (Å²) in [6, 6.07) is 0. The van der Waals surface area contributed by atoms with Crippen molar-refractivity contribution >= 4 is 5.97 Å². The van der Waals surface area contributed by atoms with Crippen LogP contribution in [0.3, 0.4) is 0 Å². The van der Waals surface area contributed by atoms with E-state index in [4.69, 9.17) is 0 Å². The highest BCUT2D eigenvalue weighted by atomic mass is 16.4. The smallest absolute Gasteiger partial charge is 0.309 e. The summed E-state index contributed by atoms with van der Waals surface area (Å²) < 4.78 is 0. The Morgan fingerprint density at radius 1 is 1.47 bits per heavy atom. The second-order valence-electron chi connectivity index (χ2n) is 5.68. The molecular weight excluding hydrogens is 188 g/mol. The molecule has 2 unspecified atom stereocenters. The minimum absolute atomic E-state index is 0.371. The average Bonchev–Trinajstić information content (AvgIpc) is 2.68. The molecule has 0 aliphatic heterocycles. The lowest BCUT2D eigenvalue weighted by molar-refractivity contribution is -0.149. The van der Waals surface area contributed by atoms with Crippen molar-refractivity contribution in [3.8, 4) is 0 Å². The zero-order chi connectivity index (χ0) is 10.5. The fourth-order valence-electron chi connectivity index (χ4n) is 3.62. The van der Waals surface area contributed by atoms with Crippen molar-refractivity contribution in [2.75, 3.05) is 0 Å². The number of fused-ring (bicyclic) bond motifs is 1. The van der Waals surface area contributed by atoms with E-state index in [-0.39, 0.29) is 5.41 Å². The van der Waals surface area contributed by atoms with Crippen LogP contribution in [0.1, 0.15) is 44.9 Å². The topological polar surface area (TPSA) is 37.3 Å². The maximum Gasteiger partial charge on any atom is 0.309 e. The van der Waals surface area contributed by atoms with E-state index in [1.165, 1.54) is 18.4 Å². The zero-order valence-electron chi connectivity index (χ0n) is 9.04. The van der Waals surface area contributed by atoms with E-state index in [1.54, 1.807) is 0 Å². The standard InChI is InChI=1S/C13H18O2/c14-12(15)13(6-9-3-1-2-4-9)7-10-5-11(10)8-13/h3,10-11H,1-2,4-8H2,(H,14,15). The molecule has 3 aliphatic rings. The molecule has 3 aliphatic carbocycles. The Bertz CT molecular complexity index is 319. The van der Waals surface area contributed by atoms with Crippen LogP contribution in [0, 0.1) is 17.3 Å². The second kappa shape index (κ2) is 3.10. The van der Waals surface area contributed by atoms with Crippen LogP contribution in [0.25, 0.3) is 0 Å². The molecule has 2 saturated carbocycles. The van der Waals surface area contributed by atoms with Crippen molar-refractivity contribution in [1.82, 2.24) is 0 Å². The molecule has 0 heterocycles. The van der Waals surface area contributed by atoms with Crippen LogP contribution in [0.15, 0.2) is 11.6 Å². The maximum absolute atomic E-state index is 11.5. The van der Waals surface area contributed by atoms with Crippen molar-refractivity contribution in [2.24, 2.45) is 17.3 Å². The number of carboxylic acid groups (broad SMARTS) is 1. The monoisotopic (exact) mass is 206 g/mol. The van der Waals surface area contributed by atoms with Gasteiger partial charge in [-0.2, -0.15) is 0 Å². The van der Waals surface area contributed by atoms with E-state index in [2.05, 4.69) is 6.08 Å². The molecule has 2 nitrogen and oxygen atoms in total. The van der Waals surface area contributed by atoms with E-state index >= 15 is 0 Å². The fourth-order valence-corrected chi connectivity index (χ4v) is 3.62. The Morgan fingerprint density at radius 2 is 2.20 bits per heavy atom. The van der Waals surface area contributed by atoms with Crippen molar-refractivity contribution in [1.29, 1.82) is 0 Å². The van der Waals surface area contributed by atoms with E-state index in [9.17, 15) is 9.90 Å². The molecule has 0 saturated heterocycles. The quantitative estimate of drug-likeness (QED) is 0.721. The zero-order valence-corrected chi connectivity index (χ0v) is 9.04. The van der Waals surface area contributed by atoms with Gasteiger partial charge in [-0.15, -0.1) is 0 Å². The third kappa shape index (κ3) is 1.51. The molecule has 0 spiro atoms. The van der Waals surface area contributed by atoms with Crippen LogP contribution >= 0.6 is 0 Å². The van der Waals surface area contributed by atoms with Gasteiger partial charge in [0, 0.05) is 0 Å². The number of allylic oxidation sites excluding steroid dienone is 2. The molecule has 3 rings (SSSR count). The molecule has 15 heavy (non-hydrogen) atoms. The summed E-state index contributed by atoms with van der Waals surface area (Å²) in [5.74, 6) is 0.966. The van der Waals surface area contributed by atoms with Gasteiger partial charge in [-0.05, 0) is 56.8 Å². The second-order valence-corrected chi connectivity index (χ2v) is 5.68. The average molecular weight is 206 g/mol. The lowest BCUT2D eigenvalue weighted by Gasteiger charge is -2.26. The molecular formula is C13H18O2. The van der Waals surface area contributed by atoms with Gasteiger partial charge >= 0.3 is 5.97 Å². The molecule has 2 fully saturated rings. The molecule has 1 N–H and O–H groups in total. The number of hydrogen-bond donors (Lipinski definition) is 1. The number of aliphatic carboxylic acids is 1. The van der Waals surface area contributed by atoms with Gasteiger partial charge in [0.15, 0.2) is 0 Å². The first-order chi connectivity index (χ1) is 7.20. The summed E-state index contributed by atoms with van der Waals surface area (Å²) in [5.41, 5.74) is 1.04. The first-order valence-corrected chi connectivity index (χ1v) is 6.11. The van der Waals surface area contributed by atoms with Gasteiger partial charge in [-0.25, -0.2) is 0 Å². The van der Waals surface area contributed by atoms with E-state index in [0.29, 0.717) is 0 Å². The van der Waals surface area contributed by atoms with Gasteiger partial charge in [0.25, 0.3) is 0 Å². The van der Waals surface area contributed by atoms with Crippen LogP contribution in [-0.4, -0.2) is 11.1 Å². The third-order valence-electron chi connectivity index (χ3n) is 4.53.